The molecule has 0 aliphatic heterocycles. The van der Waals surface area contributed by atoms with Crippen molar-refractivity contribution < 1.29 is 8.78 Å². The molecular formula is C16H23F2N. The van der Waals surface area contributed by atoms with Crippen LogP contribution in [0.1, 0.15) is 45.6 Å². The maximum Gasteiger partial charge on any atom is 0.159 e. The van der Waals surface area contributed by atoms with Gasteiger partial charge in [-0.05, 0) is 48.3 Å². The van der Waals surface area contributed by atoms with E-state index in [1.165, 1.54) is 25.0 Å². The molecule has 0 radical (unpaired) electrons. The highest BCUT2D eigenvalue weighted by Crippen LogP contribution is 2.38. The second-order valence-electron chi connectivity index (χ2n) is 6.62. The molecule has 19 heavy (non-hydrogen) atoms. The van der Waals surface area contributed by atoms with Crippen LogP contribution in [0.3, 0.4) is 0 Å². The predicted octanol–water partition coefficient (Wildman–Crippen LogP) is 4.27. The summed E-state index contributed by atoms with van der Waals surface area (Å²) in [4.78, 5) is 0. The molecule has 0 amide bonds. The number of halogens is 2. The van der Waals surface area contributed by atoms with E-state index in [1.54, 1.807) is 6.07 Å². The van der Waals surface area contributed by atoms with Crippen molar-refractivity contribution in [1.82, 2.24) is 5.32 Å². The summed E-state index contributed by atoms with van der Waals surface area (Å²) in [5.41, 5.74) is 1.23. The van der Waals surface area contributed by atoms with E-state index in [9.17, 15) is 8.78 Å². The summed E-state index contributed by atoms with van der Waals surface area (Å²) in [5.74, 6) is -0.928. The van der Waals surface area contributed by atoms with E-state index >= 15 is 0 Å². The largest absolute Gasteiger partial charge is 0.310 e. The van der Waals surface area contributed by atoms with E-state index in [1.807, 2.05) is 0 Å². The number of hydrogen-bond acceptors (Lipinski definition) is 1. The molecule has 3 heteroatoms. The van der Waals surface area contributed by atoms with Gasteiger partial charge in [0.15, 0.2) is 11.6 Å². The lowest BCUT2D eigenvalue weighted by molar-refractivity contribution is 0.148. The van der Waals surface area contributed by atoms with Gasteiger partial charge in [0.05, 0.1) is 0 Å². The third-order valence-corrected chi connectivity index (χ3v) is 4.25. The summed E-state index contributed by atoms with van der Waals surface area (Å²) in [6.45, 7) is 7.50. The third-order valence-electron chi connectivity index (χ3n) is 4.25. The van der Waals surface area contributed by atoms with Crippen LogP contribution >= 0.6 is 0 Å². The fourth-order valence-electron chi connectivity index (χ4n) is 3.15. The van der Waals surface area contributed by atoms with Crippen molar-refractivity contribution in [2.45, 2.75) is 52.6 Å². The summed E-state index contributed by atoms with van der Waals surface area (Å²) in [7, 11) is 0. The van der Waals surface area contributed by atoms with E-state index < -0.39 is 11.6 Å². The van der Waals surface area contributed by atoms with E-state index in [0.29, 0.717) is 23.9 Å². The zero-order chi connectivity index (χ0) is 14.0. The molecule has 1 saturated carbocycles. The van der Waals surface area contributed by atoms with Crippen LogP contribution in [0.15, 0.2) is 18.2 Å². The number of nitrogens with one attached hydrogen (secondary N) is 1. The molecule has 2 unspecified atom stereocenters. The van der Waals surface area contributed by atoms with Gasteiger partial charge in [-0.2, -0.15) is 0 Å². The van der Waals surface area contributed by atoms with Gasteiger partial charge in [-0.25, -0.2) is 8.78 Å². The lowest BCUT2D eigenvalue weighted by Crippen LogP contribution is -2.41. The van der Waals surface area contributed by atoms with Gasteiger partial charge in [-0.1, -0.05) is 26.8 Å². The molecule has 0 saturated heterocycles. The molecule has 1 aliphatic carbocycles. The van der Waals surface area contributed by atoms with Gasteiger partial charge < -0.3 is 5.32 Å². The monoisotopic (exact) mass is 267 g/mol. The molecule has 106 valence electrons. The van der Waals surface area contributed by atoms with Gasteiger partial charge in [0.25, 0.3) is 0 Å². The van der Waals surface area contributed by atoms with Crippen LogP contribution in [-0.2, 0) is 6.54 Å². The Hall–Kier alpha value is -0.960. The van der Waals surface area contributed by atoms with Crippen LogP contribution in [0, 0.1) is 23.0 Å². The molecule has 0 spiro atoms. The smallest absolute Gasteiger partial charge is 0.159 e. The summed E-state index contributed by atoms with van der Waals surface area (Å²) in [5, 5.41) is 3.48. The van der Waals surface area contributed by atoms with Crippen LogP contribution in [0.5, 0.6) is 0 Å². The minimum absolute atomic E-state index is 0.430. The predicted molar refractivity (Wildman–Crippen MR) is 73.8 cm³/mol. The normalized spacial score (nSPS) is 26.4. The Balaban J connectivity index is 1.90. The Bertz CT molecular complexity index is 442. The first-order valence-corrected chi connectivity index (χ1v) is 7.05. The van der Waals surface area contributed by atoms with Crippen molar-refractivity contribution in [3.05, 3.63) is 35.4 Å². The van der Waals surface area contributed by atoms with Crippen molar-refractivity contribution in [2.75, 3.05) is 0 Å². The number of rotatable bonds is 3. The molecule has 1 N–H and O–H groups in total. The number of benzene rings is 1. The number of hydrogen-bond donors (Lipinski definition) is 1. The van der Waals surface area contributed by atoms with Crippen LogP contribution in [0.4, 0.5) is 8.78 Å². The zero-order valence-electron chi connectivity index (χ0n) is 12.0. The Labute approximate surface area is 114 Å². The van der Waals surface area contributed by atoms with Crippen LogP contribution < -0.4 is 5.32 Å². The van der Waals surface area contributed by atoms with Gasteiger partial charge >= 0.3 is 0 Å². The first kappa shape index (κ1) is 14.4. The highest BCUT2D eigenvalue weighted by atomic mass is 19.2. The third kappa shape index (κ3) is 3.75. The van der Waals surface area contributed by atoms with Crippen molar-refractivity contribution >= 4 is 0 Å². The van der Waals surface area contributed by atoms with Gasteiger partial charge in [0, 0.05) is 12.6 Å². The van der Waals surface area contributed by atoms with Crippen molar-refractivity contribution in [1.29, 1.82) is 0 Å². The van der Waals surface area contributed by atoms with Gasteiger partial charge in [-0.15, -0.1) is 0 Å². The SMILES string of the molecule is CC1CC(C)(C)CCC1NCc1ccc(F)c(F)c1. The minimum Gasteiger partial charge on any atom is -0.310 e. The molecule has 0 aromatic heterocycles. The average Bonchev–Trinajstić information content (AvgIpc) is 2.31. The maximum atomic E-state index is 13.1. The minimum atomic E-state index is -0.781. The van der Waals surface area contributed by atoms with Crippen LogP contribution in [0.2, 0.25) is 0 Å². The highest BCUT2D eigenvalue weighted by molar-refractivity contribution is 5.17. The molecule has 2 atom stereocenters. The highest BCUT2D eigenvalue weighted by Gasteiger charge is 2.31. The van der Waals surface area contributed by atoms with E-state index in [-0.39, 0.29) is 0 Å². The first-order valence-electron chi connectivity index (χ1n) is 7.05. The fourth-order valence-corrected chi connectivity index (χ4v) is 3.15. The Morgan fingerprint density at radius 3 is 2.63 bits per heavy atom. The topological polar surface area (TPSA) is 12.0 Å². The first-order chi connectivity index (χ1) is 8.87. The van der Waals surface area contributed by atoms with E-state index in [2.05, 4.69) is 26.1 Å². The van der Waals surface area contributed by atoms with Gasteiger partial charge in [-0.3, -0.25) is 0 Å². The van der Waals surface area contributed by atoms with Gasteiger partial charge in [0.1, 0.15) is 0 Å². The van der Waals surface area contributed by atoms with Crippen LogP contribution in [0.25, 0.3) is 0 Å². The van der Waals surface area contributed by atoms with Crippen molar-refractivity contribution in [3.8, 4) is 0 Å². The molecule has 1 aliphatic rings. The van der Waals surface area contributed by atoms with Crippen molar-refractivity contribution in [3.63, 3.8) is 0 Å². The molecule has 0 heterocycles. The summed E-state index contributed by atoms with van der Waals surface area (Å²) >= 11 is 0. The lowest BCUT2D eigenvalue weighted by atomic mass is 9.70. The molecule has 0 bridgehead atoms. The second kappa shape index (κ2) is 5.58. The lowest BCUT2D eigenvalue weighted by Gasteiger charge is -2.39. The average molecular weight is 267 g/mol. The Morgan fingerprint density at radius 1 is 1.26 bits per heavy atom. The molecule has 1 fully saturated rings. The summed E-state index contributed by atoms with van der Waals surface area (Å²) < 4.78 is 26.0. The van der Waals surface area contributed by atoms with E-state index in [0.717, 1.165) is 12.0 Å². The summed E-state index contributed by atoms with van der Waals surface area (Å²) in [6, 6.07) is 4.59. The Morgan fingerprint density at radius 2 is 2.00 bits per heavy atom. The molecular weight excluding hydrogens is 244 g/mol. The Kier molecular flexibility index (Phi) is 4.24. The standard InChI is InChI=1S/C16H23F2N/c1-11-9-16(2,3)7-6-15(11)19-10-12-4-5-13(17)14(18)8-12/h4-5,8,11,15,19H,6-7,9-10H2,1-3H3. The summed E-state index contributed by atoms with van der Waals surface area (Å²) in [6.07, 6.45) is 3.58. The maximum absolute atomic E-state index is 13.1. The van der Waals surface area contributed by atoms with Crippen molar-refractivity contribution in [2.24, 2.45) is 11.3 Å². The zero-order valence-corrected chi connectivity index (χ0v) is 12.0. The quantitative estimate of drug-likeness (QED) is 0.862. The van der Waals surface area contributed by atoms with E-state index in [4.69, 9.17) is 0 Å². The van der Waals surface area contributed by atoms with Crippen LogP contribution in [-0.4, -0.2) is 6.04 Å². The molecule has 1 aromatic carbocycles. The fraction of sp³-hybridized carbons (Fsp3) is 0.625. The second-order valence-corrected chi connectivity index (χ2v) is 6.62. The van der Waals surface area contributed by atoms with Gasteiger partial charge in [0.2, 0.25) is 0 Å². The molecule has 1 aromatic rings. The molecule has 1 nitrogen and oxygen atoms in total. The molecule has 2 rings (SSSR count).